The second-order valence-corrected chi connectivity index (χ2v) is 4.16. The van der Waals surface area contributed by atoms with E-state index in [1.165, 1.54) is 6.92 Å². The summed E-state index contributed by atoms with van der Waals surface area (Å²) in [5.74, 6) is 0.600. The Kier molecular flexibility index (Phi) is 3.42. The number of ether oxygens (including phenoxy) is 1. The number of rotatable bonds is 3. The molecular formula is C15H15NO2. The van der Waals surface area contributed by atoms with Crippen LogP contribution in [0, 0.1) is 6.92 Å². The maximum absolute atomic E-state index is 11.6. The summed E-state index contributed by atoms with van der Waals surface area (Å²) >= 11 is 0. The van der Waals surface area contributed by atoms with Crippen LogP contribution >= 0.6 is 0 Å². The fourth-order valence-corrected chi connectivity index (χ4v) is 1.92. The van der Waals surface area contributed by atoms with E-state index in [-0.39, 0.29) is 5.78 Å². The van der Waals surface area contributed by atoms with E-state index in [9.17, 15) is 4.79 Å². The molecule has 0 amide bonds. The zero-order valence-electron chi connectivity index (χ0n) is 10.7. The lowest BCUT2D eigenvalue weighted by molar-refractivity contribution is 0.101. The molecule has 18 heavy (non-hydrogen) atoms. The lowest BCUT2D eigenvalue weighted by Gasteiger charge is -2.10. The summed E-state index contributed by atoms with van der Waals surface area (Å²) in [7, 11) is 1.57. The minimum absolute atomic E-state index is 0.00440. The summed E-state index contributed by atoms with van der Waals surface area (Å²) in [6.07, 6.45) is 3.56. The second-order valence-electron chi connectivity index (χ2n) is 4.16. The van der Waals surface area contributed by atoms with Gasteiger partial charge in [-0.1, -0.05) is 6.07 Å². The Hall–Kier alpha value is -2.16. The number of methoxy groups -OCH3 is 1. The molecule has 0 aliphatic heterocycles. The second kappa shape index (κ2) is 5.00. The zero-order valence-corrected chi connectivity index (χ0v) is 10.7. The van der Waals surface area contributed by atoms with Crippen molar-refractivity contribution in [3.8, 4) is 16.9 Å². The molecule has 0 spiro atoms. The number of pyridine rings is 1. The minimum atomic E-state index is -0.00440. The minimum Gasteiger partial charge on any atom is -0.496 e. The Morgan fingerprint density at radius 2 is 2.06 bits per heavy atom. The highest BCUT2D eigenvalue weighted by molar-refractivity contribution is 5.98. The third-order valence-electron chi connectivity index (χ3n) is 2.93. The summed E-state index contributed by atoms with van der Waals surface area (Å²) < 4.78 is 5.19. The van der Waals surface area contributed by atoms with Crippen molar-refractivity contribution >= 4 is 5.78 Å². The first-order chi connectivity index (χ1) is 8.63. The van der Waals surface area contributed by atoms with Crippen molar-refractivity contribution in [1.82, 2.24) is 4.98 Å². The SMILES string of the molecule is COc1ccc(-c2cnccc2C)cc1C(C)=O. The van der Waals surface area contributed by atoms with Crippen LogP contribution in [0.1, 0.15) is 22.8 Å². The number of nitrogens with zero attached hydrogens (tertiary/aromatic N) is 1. The lowest BCUT2D eigenvalue weighted by atomic mass is 9.99. The number of carbonyl (C=O) groups excluding carboxylic acids is 1. The Bertz CT molecular complexity index is 591. The van der Waals surface area contributed by atoms with Crippen molar-refractivity contribution in [3.63, 3.8) is 0 Å². The third kappa shape index (κ3) is 2.25. The largest absolute Gasteiger partial charge is 0.496 e. The van der Waals surface area contributed by atoms with Gasteiger partial charge in [-0.3, -0.25) is 9.78 Å². The Morgan fingerprint density at radius 1 is 1.28 bits per heavy atom. The van der Waals surface area contributed by atoms with Crippen molar-refractivity contribution < 1.29 is 9.53 Å². The van der Waals surface area contributed by atoms with Gasteiger partial charge in [0, 0.05) is 18.0 Å². The number of hydrogen-bond donors (Lipinski definition) is 0. The number of benzene rings is 1. The van der Waals surface area contributed by atoms with E-state index in [1.54, 1.807) is 19.5 Å². The Balaban J connectivity index is 2.57. The zero-order chi connectivity index (χ0) is 13.1. The monoisotopic (exact) mass is 241 g/mol. The van der Waals surface area contributed by atoms with Gasteiger partial charge < -0.3 is 4.74 Å². The molecule has 0 bridgehead atoms. The van der Waals surface area contributed by atoms with E-state index >= 15 is 0 Å². The van der Waals surface area contributed by atoms with Gasteiger partial charge in [0.25, 0.3) is 0 Å². The van der Waals surface area contributed by atoms with Gasteiger partial charge in [0.15, 0.2) is 5.78 Å². The molecule has 1 heterocycles. The van der Waals surface area contributed by atoms with Crippen LogP contribution in [0.15, 0.2) is 36.7 Å². The van der Waals surface area contributed by atoms with Crippen LogP contribution in [0.3, 0.4) is 0 Å². The molecule has 1 aromatic carbocycles. The summed E-state index contributed by atoms with van der Waals surface area (Å²) in [6.45, 7) is 3.56. The molecular weight excluding hydrogens is 226 g/mol. The van der Waals surface area contributed by atoms with Crippen molar-refractivity contribution in [3.05, 3.63) is 47.8 Å². The van der Waals surface area contributed by atoms with Crippen molar-refractivity contribution in [2.75, 3.05) is 7.11 Å². The fraction of sp³-hybridized carbons (Fsp3) is 0.200. The van der Waals surface area contributed by atoms with Gasteiger partial charge in [0.2, 0.25) is 0 Å². The van der Waals surface area contributed by atoms with Gasteiger partial charge in [-0.05, 0) is 43.2 Å². The first-order valence-electron chi connectivity index (χ1n) is 5.73. The van der Waals surface area contributed by atoms with Crippen LogP contribution in [0.5, 0.6) is 5.75 Å². The van der Waals surface area contributed by atoms with Crippen LogP contribution in [0.2, 0.25) is 0 Å². The van der Waals surface area contributed by atoms with E-state index in [2.05, 4.69) is 4.98 Å². The molecule has 0 aliphatic rings. The van der Waals surface area contributed by atoms with E-state index in [0.29, 0.717) is 11.3 Å². The fourth-order valence-electron chi connectivity index (χ4n) is 1.92. The Labute approximate surface area is 106 Å². The highest BCUT2D eigenvalue weighted by Crippen LogP contribution is 2.28. The predicted molar refractivity (Wildman–Crippen MR) is 71.0 cm³/mol. The standard InChI is InChI=1S/C15H15NO2/c1-10-6-7-16-9-14(10)12-4-5-15(18-3)13(8-12)11(2)17/h4-9H,1-3H3. The molecule has 0 radical (unpaired) electrons. The predicted octanol–water partition coefficient (Wildman–Crippen LogP) is 3.27. The highest BCUT2D eigenvalue weighted by Gasteiger charge is 2.10. The van der Waals surface area contributed by atoms with Crippen molar-refractivity contribution in [2.45, 2.75) is 13.8 Å². The first-order valence-corrected chi connectivity index (χ1v) is 5.73. The van der Waals surface area contributed by atoms with Crippen molar-refractivity contribution in [2.24, 2.45) is 0 Å². The molecule has 0 saturated carbocycles. The average molecular weight is 241 g/mol. The number of Topliss-reactive ketones (excluding diaryl/α,β-unsaturated/α-hetero) is 1. The first kappa shape index (κ1) is 12.3. The number of carbonyl (C=O) groups is 1. The molecule has 92 valence electrons. The number of hydrogen-bond acceptors (Lipinski definition) is 3. The topological polar surface area (TPSA) is 39.2 Å². The highest BCUT2D eigenvalue weighted by atomic mass is 16.5. The van der Waals surface area contributed by atoms with Gasteiger partial charge >= 0.3 is 0 Å². The summed E-state index contributed by atoms with van der Waals surface area (Å²) in [4.78, 5) is 15.7. The van der Waals surface area contributed by atoms with Gasteiger partial charge in [-0.2, -0.15) is 0 Å². The molecule has 2 rings (SSSR count). The van der Waals surface area contributed by atoms with Crippen LogP contribution in [-0.2, 0) is 0 Å². The summed E-state index contributed by atoms with van der Waals surface area (Å²) in [6, 6.07) is 7.56. The molecule has 0 unspecified atom stereocenters. The smallest absolute Gasteiger partial charge is 0.163 e. The van der Waals surface area contributed by atoms with E-state index in [1.807, 2.05) is 31.2 Å². The number of aromatic nitrogens is 1. The van der Waals surface area contributed by atoms with Gasteiger partial charge in [-0.25, -0.2) is 0 Å². The quantitative estimate of drug-likeness (QED) is 0.774. The molecule has 2 aromatic rings. The third-order valence-corrected chi connectivity index (χ3v) is 2.93. The Morgan fingerprint density at radius 3 is 2.67 bits per heavy atom. The maximum Gasteiger partial charge on any atom is 0.163 e. The van der Waals surface area contributed by atoms with Crippen LogP contribution in [0.4, 0.5) is 0 Å². The molecule has 3 heteroatoms. The average Bonchev–Trinajstić information content (AvgIpc) is 2.38. The molecule has 0 saturated heterocycles. The van der Waals surface area contributed by atoms with Gasteiger partial charge in [-0.15, -0.1) is 0 Å². The van der Waals surface area contributed by atoms with E-state index in [4.69, 9.17) is 4.74 Å². The molecule has 0 aliphatic carbocycles. The number of ketones is 1. The number of aryl methyl sites for hydroxylation is 1. The lowest BCUT2D eigenvalue weighted by Crippen LogP contribution is -1.98. The maximum atomic E-state index is 11.6. The molecule has 1 aromatic heterocycles. The van der Waals surface area contributed by atoms with Crippen LogP contribution in [0.25, 0.3) is 11.1 Å². The normalized spacial score (nSPS) is 10.2. The van der Waals surface area contributed by atoms with E-state index in [0.717, 1.165) is 16.7 Å². The summed E-state index contributed by atoms with van der Waals surface area (Å²) in [5.41, 5.74) is 3.73. The van der Waals surface area contributed by atoms with Crippen LogP contribution in [-0.4, -0.2) is 17.9 Å². The molecule has 0 fully saturated rings. The van der Waals surface area contributed by atoms with E-state index < -0.39 is 0 Å². The van der Waals surface area contributed by atoms with Gasteiger partial charge in [0.05, 0.1) is 12.7 Å². The van der Waals surface area contributed by atoms with Crippen LogP contribution < -0.4 is 4.74 Å². The van der Waals surface area contributed by atoms with Gasteiger partial charge in [0.1, 0.15) is 5.75 Å². The molecule has 3 nitrogen and oxygen atoms in total. The molecule has 0 atom stereocenters. The van der Waals surface area contributed by atoms with Crippen molar-refractivity contribution in [1.29, 1.82) is 0 Å². The molecule has 0 N–H and O–H groups in total. The summed E-state index contributed by atoms with van der Waals surface area (Å²) in [5, 5.41) is 0.